The maximum absolute atomic E-state index is 5.38. The number of morpholine rings is 1. The second-order valence-corrected chi connectivity index (χ2v) is 7.52. The number of hydrogen-bond acceptors (Lipinski definition) is 3. The van der Waals surface area contributed by atoms with Crippen LogP contribution in [-0.2, 0) is 16.7 Å². The molecule has 0 bridgehead atoms. The van der Waals surface area contributed by atoms with Crippen LogP contribution < -0.4 is 10.6 Å². The average Bonchev–Trinajstić information content (AvgIpc) is 2.60. The Morgan fingerprint density at radius 3 is 2.40 bits per heavy atom. The predicted octanol–water partition coefficient (Wildman–Crippen LogP) is 2.37. The summed E-state index contributed by atoms with van der Waals surface area (Å²) in [6.07, 6.45) is 0. The van der Waals surface area contributed by atoms with Crippen molar-refractivity contribution < 1.29 is 4.74 Å². The molecule has 1 aliphatic heterocycles. The van der Waals surface area contributed by atoms with Crippen LogP contribution >= 0.6 is 0 Å². The van der Waals surface area contributed by atoms with Crippen LogP contribution in [0.1, 0.15) is 38.8 Å². The molecule has 0 atom stereocenters. The first kappa shape index (κ1) is 19.7. The van der Waals surface area contributed by atoms with E-state index >= 15 is 0 Å². The van der Waals surface area contributed by atoms with Crippen molar-refractivity contribution in [3.63, 3.8) is 0 Å². The SMILES string of the molecule is CCNC(=NCc1ccc(C(C)(C)C)cc1)NCCN1CCOCC1. The minimum Gasteiger partial charge on any atom is -0.379 e. The standard InChI is InChI=1S/C20H34N4O/c1-5-21-19(22-10-11-24-12-14-25-15-13-24)23-16-17-6-8-18(9-7-17)20(2,3)4/h6-9H,5,10-16H2,1-4H3,(H2,21,22,23). The van der Waals surface area contributed by atoms with Gasteiger partial charge in [0.1, 0.15) is 0 Å². The zero-order chi connectivity index (χ0) is 18.1. The first-order valence-corrected chi connectivity index (χ1v) is 9.41. The number of rotatable bonds is 6. The summed E-state index contributed by atoms with van der Waals surface area (Å²) >= 11 is 0. The predicted molar refractivity (Wildman–Crippen MR) is 105 cm³/mol. The van der Waals surface area contributed by atoms with E-state index in [9.17, 15) is 0 Å². The highest BCUT2D eigenvalue weighted by Crippen LogP contribution is 2.22. The fourth-order valence-corrected chi connectivity index (χ4v) is 2.78. The highest BCUT2D eigenvalue weighted by molar-refractivity contribution is 5.79. The minimum absolute atomic E-state index is 0.192. The molecule has 1 saturated heterocycles. The van der Waals surface area contributed by atoms with E-state index in [0.29, 0.717) is 6.54 Å². The smallest absolute Gasteiger partial charge is 0.191 e. The zero-order valence-electron chi connectivity index (χ0n) is 16.3. The molecule has 25 heavy (non-hydrogen) atoms. The second-order valence-electron chi connectivity index (χ2n) is 7.52. The van der Waals surface area contributed by atoms with Crippen LogP contribution in [0.4, 0.5) is 0 Å². The number of benzene rings is 1. The van der Waals surface area contributed by atoms with Gasteiger partial charge in [0.25, 0.3) is 0 Å². The summed E-state index contributed by atoms with van der Waals surface area (Å²) in [4.78, 5) is 7.13. The molecule has 1 fully saturated rings. The molecular formula is C20H34N4O. The Kier molecular flexibility index (Phi) is 7.72. The van der Waals surface area contributed by atoms with Crippen molar-refractivity contribution in [2.24, 2.45) is 4.99 Å². The molecule has 5 nitrogen and oxygen atoms in total. The lowest BCUT2D eigenvalue weighted by Crippen LogP contribution is -2.44. The van der Waals surface area contributed by atoms with Crippen molar-refractivity contribution in [3.8, 4) is 0 Å². The van der Waals surface area contributed by atoms with Gasteiger partial charge in [-0.1, -0.05) is 45.0 Å². The molecule has 1 heterocycles. The number of ether oxygens (including phenoxy) is 1. The summed E-state index contributed by atoms with van der Waals surface area (Å²) in [5.41, 5.74) is 2.78. The van der Waals surface area contributed by atoms with Crippen molar-refractivity contribution in [2.45, 2.75) is 39.7 Å². The first-order valence-electron chi connectivity index (χ1n) is 9.41. The van der Waals surface area contributed by atoms with Crippen molar-refractivity contribution in [3.05, 3.63) is 35.4 Å². The van der Waals surface area contributed by atoms with Crippen molar-refractivity contribution in [1.82, 2.24) is 15.5 Å². The summed E-state index contributed by atoms with van der Waals surface area (Å²) in [5, 5.41) is 6.75. The molecule has 0 aromatic heterocycles. The summed E-state index contributed by atoms with van der Waals surface area (Å²) < 4.78 is 5.38. The van der Waals surface area contributed by atoms with Crippen LogP contribution in [0.2, 0.25) is 0 Å². The molecule has 2 rings (SSSR count). The van der Waals surface area contributed by atoms with Gasteiger partial charge in [0, 0.05) is 32.7 Å². The van der Waals surface area contributed by atoms with E-state index in [2.05, 4.69) is 67.5 Å². The number of aliphatic imine (C=N–C) groups is 1. The largest absolute Gasteiger partial charge is 0.379 e. The van der Waals surface area contributed by atoms with Gasteiger partial charge < -0.3 is 15.4 Å². The molecule has 140 valence electrons. The maximum atomic E-state index is 5.38. The molecule has 1 aromatic carbocycles. The van der Waals surface area contributed by atoms with Gasteiger partial charge in [-0.15, -0.1) is 0 Å². The Balaban J connectivity index is 1.83. The van der Waals surface area contributed by atoms with Crippen LogP contribution in [0.25, 0.3) is 0 Å². The molecule has 0 unspecified atom stereocenters. The minimum atomic E-state index is 0.192. The van der Waals surface area contributed by atoms with Gasteiger partial charge in [0.05, 0.1) is 19.8 Å². The Bertz CT molecular complexity index is 528. The highest BCUT2D eigenvalue weighted by atomic mass is 16.5. The van der Waals surface area contributed by atoms with Gasteiger partial charge in [-0.2, -0.15) is 0 Å². The Morgan fingerprint density at radius 1 is 1.12 bits per heavy atom. The van der Waals surface area contributed by atoms with Crippen LogP contribution in [0.15, 0.2) is 29.3 Å². The van der Waals surface area contributed by atoms with E-state index in [1.807, 2.05) is 0 Å². The molecular weight excluding hydrogens is 312 g/mol. The van der Waals surface area contributed by atoms with E-state index in [1.54, 1.807) is 0 Å². The Labute approximate surface area is 152 Å². The quantitative estimate of drug-likeness (QED) is 0.613. The molecule has 5 heteroatoms. The van der Waals surface area contributed by atoms with E-state index in [4.69, 9.17) is 9.73 Å². The maximum Gasteiger partial charge on any atom is 0.191 e. The number of guanidine groups is 1. The number of nitrogens with one attached hydrogen (secondary N) is 2. The number of hydrogen-bond donors (Lipinski definition) is 2. The van der Waals surface area contributed by atoms with Crippen LogP contribution in [0.3, 0.4) is 0 Å². The lowest BCUT2D eigenvalue weighted by Gasteiger charge is -2.26. The lowest BCUT2D eigenvalue weighted by molar-refractivity contribution is 0.0389. The van der Waals surface area contributed by atoms with E-state index in [-0.39, 0.29) is 5.41 Å². The second kappa shape index (κ2) is 9.78. The van der Waals surface area contributed by atoms with E-state index in [0.717, 1.165) is 51.9 Å². The van der Waals surface area contributed by atoms with Crippen molar-refractivity contribution in [2.75, 3.05) is 45.9 Å². The van der Waals surface area contributed by atoms with Gasteiger partial charge >= 0.3 is 0 Å². The summed E-state index contributed by atoms with van der Waals surface area (Å²) in [6.45, 7) is 16.0. The Hall–Kier alpha value is -1.59. The summed E-state index contributed by atoms with van der Waals surface area (Å²) in [7, 11) is 0. The number of nitrogens with zero attached hydrogens (tertiary/aromatic N) is 2. The third-order valence-electron chi connectivity index (χ3n) is 4.41. The van der Waals surface area contributed by atoms with Gasteiger partial charge in [0.2, 0.25) is 0 Å². The normalized spacial score (nSPS) is 16.7. The molecule has 0 aliphatic carbocycles. The fourth-order valence-electron chi connectivity index (χ4n) is 2.78. The van der Waals surface area contributed by atoms with E-state index < -0.39 is 0 Å². The lowest BCUT2D eigenvalue weighted by atomic mass is 9.87. The van der Waals surface area contributed by atoms with E-state index in [1.165, 1.54) is 11.1 Å². The summed E-state index contributed by atoms with van der Waals surface area (Å²) in [5.74, 6) is 0.885. The molecule has 0 saturated carbocycles. The topological polar surface area (TPSA) is 48.9 Å². The third-order valence-corrected chi connectivity index (χ3v) is 4.41. The van der Waals surface area contributed by atoms with Gasteiger partial charge in [-0.05, 0) is 23.5 Å². The molecule has 0 amide bonds. The molecule has 2 N–H and O–H groups in total. The fraction of sp³-hybridized carbons (Fsp3) is 0.650. The third kappa shape index (κ3) is 7.04. The van der Waals surface area contributed by atoms with Gasteiger partial charge in [0.15, 0.2) is 5.96 Å². The Morgan fingerprint density at radius 2 is 1.80 bits per heavy atom. The summed E-state index contributed by atoms with van der Waals surface area (Å²) in [6, 6.07) is 8.79. The van der Waals surface area contributed by atoms with Crippen LogP contribution in [0, 0.1) is 0 Å². The molecule has 1 aromatic rings. The van der Waals surface area contributed by atoms with Gasteiger partial charge in [-0.3, -0.25) is 4.90 Å². The first-order chi connectivity index (χ1) is 12.0. The van der Waals surface area contributed by atoms with Crippen molar-refractivity contribution in [1.29, 1.82) is 0 Å². The monoisotopic (exact) mass is 346 g/mol. The average molecular weight is 347 g/mol. The molecule has 0 spiro atoms. The highest BCUT2D eigenvalue weighted by Gasteiger charge is 2.13. The zero-order valence-corrected chi connectivity index (χ0v) is 16.3. The van der Waals surface area contributed by atoms with Crippen LogP contribution in [0.5, 0.6) is 0 Å². The molecule has 1 aliphatic rings. The van der Waals surface area contributed by atoms with Gasteiger partial charge in [-0.25, -0.2) is 4.99 Å². The van der Waals surface area contributed by atoms with Crippen molar-refractivity contribution >= 4 is 5.96 Å². The van der Waals surface area contributed by atoms with Crippen LogP contribution in [-0.4, -0.2) is 56.8 Å². The molecule has 0 radical (unpaired) electrons.